The first-order valence-corrected chi connectivity index (χ1v) is 7.66. The first kappa shape index (κ1) is 13.6. The molecule has 2 fully saturated rings. The van der Waals surface area contributed by atoms with E-state index >= 15 is 0 Å². The summed E-state index contributed by atoms with van der Waals surface area (Å²) in [5.74, 6) is 0.287. The van der Waals surface area contributed by atoms with Gasteiger partial charge in [0.15, 0.2) is 0 Å². The van der Waals surface area contributed by atoms with Gasteiger partial charge in [0.1, 0.15) is 0 Å². The fraction of sp³-hybridized carbons (Fsp3) is 0.625. The highest BCUT2D eigenvalue weighted by Gasteiger charge is 2.33. The summed E-state index contributed by atoms with van der Waals surface area (Å²) in [4.78, 5) is 18.5. The van der Waals surface area contributed by atoms with Gasteiger partial charge in [-0.2, -0.15) is 0 Å². The molecule has 108 valence electrons. The lowest BCUT2D eigenvalue weighted by Crippen LogP contribution is -2.49. The maximum atomic E-state index is 12.0. The molecule has 2 aliphatic rings. The highest BCUT2D eigenvalue weighted by Crippen LogP contribution is 2.31. The average molecular weight is 274 g/mol. The van der Waals surface area contributed by atoms with Crippen molar-refractivity contribution in [1.82, 2.24) is 9.88 Å². The van der Waals surface area contributed by atoms with Crippen LogP contribution in [0.1, 0.15) is 42.5 Å². The Balaban J connectivity index is 1.56. The number of esters is 1. The Morgan fingerprint density at radius 3 is 2.85 bits per heavy atom. The second-order valence-electron chi connectivity index (χ2n) is 5.84. The van der Waals surface area contributed by atoms with Gasteiger partial charge in [0, 0.05) is 24.4 Å². The predicted molar refractivity (Wildman–Crippen MR) is 76.5 cm³/mol. The largest absolute Gasteiger partial charge is 0.462 e. The highest BCUT2D eigenvalue weighted by molar-refractivity contribution is 5.89. The number of pyridine rings is 1. The van der Waals surface area contributed by atoms with E-state index < -0.39 is 0 Å². The number of carbonyl (C=O) groups is 1. The van der Waals surface area contributed by atoms with Gasteiger partial charge in [-0.25, -0.2) is 4.79 Å². The fourth-order valence-electron chi connectivity index (χ4n) is 3.53. The second kappa shape index (κ2) is 6.35. The number of rotatable bonds is 3. The van der Waals surface area contributed by atoms with Gasteiger partial charge in [-0.15, -0.1) is 0 Å². The molecule has 3 heterocycles. The van der Waals surface area contributed by atoms with Crippen LogP contribution in [0.25, 0.3) is 0 Å². The van der Waals surface area contributed by atoms with Gasteiger partial charge in [-0.05, 0) is 50.9 Å². The van der Waals surface area contributed by atoms with E-state index in [1.54, 1.807) is 24.5 Å². The summed E-state index contributed by atoms with van der Waals surface area (Å²) in [5.41, 5.74) is 0.594. The average Bonchev–Trinajstić information content (AvgIpc) is 2.53. The molecule has 2 aliphatic heterocycles. The van der Waals surface area contributed by atoms with Crippen LogP contribution in [-0.2, 0) is 4.74 Å². The standard InChI is InChI=1S/C16H22N2O2/c19-16(13-6-8-17-9-7-13)20-12-14-4-3-11-18-10-2-1-5-15(14)18/h6-9,14-15H,1-5,10-12H2/t14-,15+/m0/s1. The Morgan fingerprint density at radius 2 is 2.00 bits per heavy atom. The molecule has 0 bridgehead atoms. The van der Waals surface area contributed by atoms with Crippen LogP contribution >= 0.6 is 0 Å². The minimum atomic E-state index is -0.222. The zero-order chi connectivity index (χ0) is 13.8. The summed E-state index contributed by atoms with van der Waals surface area (Å²) >= 11 is 0. The van der Waals surface area contributed by atoms with Gasteiger partial charge in [0.2, 0.25) is 0 Å². The van der Waals surface area contributed by atoms with Crippen molar-refractivity contribution in [2.45, 2.75) is 38.1 Å². The van der Waals surface area contributed by atoms with E-state index in [1.165, 1.54) is 45.2 Å². The molecule has 0 aliphatic carbocycles. The molecule has 1 aromatic rings. The molecule has 0 N–H and O–H groups in total. The molecule has 0 unspecified atom stereocenters. The van der Waals surface area contributed by atoms with E-state index in [1.807, 2.05) is 0 Å². The van der Waals surface area contributed by atoms with Crippen molar-refractivity contribution in [2.75, 3.05) is 19.7 Å². The molecule has 0 saturated carbocycles. The van der Waals surface area contributed by atoms with Crippen molar-refractivity contribution in [3.8, 4) is 0 Å². The van der Waals surface area contributed by atoms with Gasteiger partial charge in [0.25, 0.3) is 0 Å². The predicted octanol–water partition coefficient (Wildman–Crippen LogP) is 2.50. The van der Waals surface area contributed by atoms with E-state index in [0.717, 1.165) is 0 Å². The summed E-state index contributed by atoms with van der Waals surface area (Å²) in [6.07, 6.45) is 9.56. The maximum Gasteiger partial charge on any atom is 0.338 e. The van der Waals surface area contributed by atoms with Gasteiger partial charge in [-0.1, -0.05) is 6.42 Å². The molecule has 4 nitrogen and oxygen atoms in total. The number of piperidine rings is 2. The number of hydrogen-bond acceptors (Lipinski definition) is 4. The van der Waals surface area contributed by atoms with Gasteiger partial charge in [-0.3, -0.25) is 9.88 Å². The quantitative estimate of drug-likeness (QED) is 0.794. The van der Waals surface area contributed by atoms with E-state index in [4.69, 9.17) is 4.74 Å². The van der Waals surface area contributed by atoms with Gasteiger partial charge < -0.3 is 4.74 Å². The normalized spacial score (nSPS) is 26.8. The number of aromatic nitrogens is 1. The van der Waals surface area contributed by atoms with Crippen LogP contribution in [0.15, 0.2) is 24.5 Å². The van der Waals surface area contributed by atoms with Crippen molar-refractivity contribution in [1.29, 1.82) is 0 Å². The Bertz CT molecular complexity index is 447. The lowest BCUT2D eigenvalue weighted by Gasteiger charge is -2.44. The van der Waals surface area contributed by atoms with Crippen LogP contribution in [0.3, 0.4) is 0 Å². The van der Waals surface area contributed by atoms with Gasteiger partial charge >= 0.3 is 5.97 Å². The number of fused-ring (bicyclic) bond motifs is 1. The van der Waals surface area contributed by atoms with Crippen LogP contribution in [0, 0.1) is 5.92 Å². The number of ether oxygens (including phenoxy) is 1. The first-order valence-electron chi connectivity index (χ1n) is 7.66. The van der Waals surface area contributed by atoms with Crippen molar-refractivity contribution >= 4 is 5.97 Å². The Kier molecular flexibility index (Phi) is 4.31. The number of hydrogen-bond donors (Lipinski definition) is 0. The molecule has 4 heteroatoms. The van der Waals surface area contributed by atoms with Crippen LogP contribution in [0.2, 0.25) is 0 Å². The molecular weight excluding hydrogens is 252 g/mol. The SMILES string of the molecule is O=C(OC[C@@H]1CCCN2CCCC[C@H]12)c1ccncc1. The molecule has 0 spiro atoms. The number of nitrogens with zero attached hydrogens (tertiary/aromatic N) is 2. The summed E-state index contributed by atoms with van der Waals surface area (Å²) in [6.45, 7) is 3.00. The van der Waals surface area contributed by atoms with Crippen LogP contribution in [0.4, 0.5) is 0 Å². The summed E-state index contributed by atoms with van der Waals surface area (Å²) in [7, 11) is 0. The molecule has 0 amide bonds. The molecule has 0 aromatic carbocycles. The van der Waals surface area contributed by atoms with Crippen LogP contribution in [-0.4, -0.2) is 41.6 Å². The lowest BCUT2D eigenvalue weighted by atomic mass is 9.84. The summed E-state index contributed by atoms with van der Waals surface area (Å²) in [5, 5.41) is 0. The van der Waals surface area contributed by atoms with E-state index in [0.29, 0.717) is 24.1 Å². The van der Waals surface area contributed by atoms with E-state index in [2.05, 4.69) is 9.88 Å². The molecule has 3 rings (SSSR count). The van der Waals surface area contributed by atoms with Crippen molar-refractivity contribution in [3.05, 3.63) is 30.1 Å². The topological polar surface area (TPSA) is 42.4 Å². The zero-order valence-corrected chi connectivity index (χ0v) is 11.8. The van der Waals surface area contributed by atoms with Crippen LogP contribution < -0.4 is 0 Å². The van der Waals surface area contributed by atoms with Crippen LogP contribution in [0.5, 0.6) is 0 Å². The molecule has 1 aromatic heterocycles. The zero-order valence-electron chi connectivity index (χ0n) is 11.8. The Morgan fingerprint density at radius 1 is 1.20 bits per heavy atom. The van der Waals surface area contributed by atoms with Crippen molar-refractivity contribution in [3.63, 3.8) is 0 Å². The molecule has 2 atom stereocenters. The molecule has 2 saturated heterocycles. The van der Waals surface area contributed by atoms with E-state index in [-0.39, 0.29) is 5.97 Å². The Hall–Kier alpha value is -1.42. The minimum Gasteiger partial charge on any atom is -0.462 e. The lowest BCUT2D eigenvalue weighted by molar-refractivity contribution is 0.00738. The minimum absolute atomic E-state index is 0.222. The molecule has 20 heavy (non-hydrogen) atoms. The molecular formula is C16H22N2O2. The molecule has 0 radical (unpaired) electrons. The van der Waals surface area contributed by atoms with E-state index in [9.17, 15) is 4.79 Å². The smallest absolute Gasteiger partial charge is 0.338 e. The fourth-order valence-corrected chi connectivity index (χ4v) is 3.53. The Labute approximate surface area is 120 Å². The van der Waals surface area contributed by atoms with Crippen molar-refractivity contribution < 1.29 is 9.53 Å². The van der Waals surface area contributed by atoms with Gasteiger partial charge in [0.05, 0.1) is 12.2 Å². The second-order valence-corrected chi connectivity index (χ2v) is 5.84. The monoisotopic (exact) mass is 274 g/mol. The summed E-state index contributed by atoms with van der Waals surface area (Å²) < 4.78 is 5.52. The highest BCUT2D eigenvalue weighted by atomic mass is 16.5. The first-order chi connectivity index (χ1) is 9.84. The third-order valence-corrected chi connectivity index (χ3v) is 4.57. The third kappa shape index (κ3) is 3.01. The number of carbonyl (C=O) groups excluding carboxylic acids is 1. The van der Waals surface area contributed by atoms with Crippen molar-refractivity contribution in [2.24, 2.45) is 5.92 Å². The third-order valence-electron chi connectivity index (χ3n) is 4.57. The summed E-state index contributed by atoms with van der Waals surface area (Å²) in [6, 6.07) is 4.04. The maximum absolute atomic E-state index is 12.0.